The van der Waals surface area contributed by atoms with Crippen molar-refractivity contribution in [2.45, 2.75) is 0 Å². The number of nitrogens with zero attached hydrogens (tertiary/aromatic N) is 2. The first kappa shape index (κ1) is 11.4. The number of ether oxygens (including phenoxy) is 1. The Morgan fingerprint density at radius 3 is 2.60 bits per heavy atom. The average Bonchev–Trinajstić information content (AvgIpc) is 2.18. The fourth-order valence-electron chi connectivity index (χ4n) is 0.880. The van der Waals surface area contributed by atoms with Crippen LogP contribution in [0, 0.1) is 10.1 Å². The topological polar surface area (TPSA) is 55.6 Å². The largest absolute Gasteiger partial charge is 0.424 e. The maximum Gasteiger partial charge on any atom is 0.311 e. The SMILES string of the molecule is CN(C)C(=S)Oc1ccccc1[N+](=O)[O-]. The number of rotatable bonds is 2. The number of nitro groups is 1. The summed E-state index contributed by atoms with van der Waals surface area (Å²) < 4.78 is 5.18. The molecule has 0 aliphatic rings. The van der Waals surface area contributed by atoms with E-state index in [2.05, 4.69) is 0 Å². The van der Waals surface area contributed by atoms with Crippen molar-refractivity contribution < 1.29 is 9.66 Å². The van der Waals surface area contributed by atoms with E-state index in [9.17, 15) is 10.1 Å². The van der Waals surface area contributed by atoms with E-state index in [4.69, 9.17) is 17.0 Å². The number of hydrogen-bond donors (Lipinski definition) is 0. The predicted molar refractivity (Wildman–Crippen MR) is 60.0 cm³/mol. The maximum absolute atomic E-state index is 10.6. The number of nitro benzene ring substituents is 1. The second kappa shape index (κ2) is 4.70. The van der Waals surface area contributed by atoms with Gasteiger partial charge in [0.2, 0.25) is 5.75 Å². The molecule has 0 saturated heterocycles. The van der Waals surface area contributed by atoms with Crippen LogP contribution in [0.25, 0.3) is 0 Å². The molecule has 0 aliphatic carbocycles. The Balaban J connectivity index is 2.94. The third kappa shape index (κ3) is 2.88. The highest BCUT2D eigenvalue weighted by molar-refractivity contribution is 7.80. The monoisotopic (exact) mass is 226 g/mol. The summed E-state index contributed by atoms with van der Waals surface area (Å²) in [5.41, 5.74) is -0.0956. The zero-order chi connectivity index (χ0) is 11.4. The molecule has 0 saturated carbocycles. The van der Waals surface area contributed by atoms with Gasteiger partial charge in [-0.3, -0.25) is 10.1 Å². The average molecular weight is 226 g/mol. The first-order valence-corrected chi connectivity index (χ1v) is 4.55. The van der Waals surface area contributed by atoms with Gasteiger partial charge in [0, 0.05) is 20.2 Å². The second-order valence-electron chi connectivity index (χ2n) is 2.99. The quantitative estimate of drug-likeness (QED) is 0.437. The van der Waals surface area contributed by atoms with Gasteiger partial charge in [0.1, 0.15) is 0 Å². The van der Waals surface area contributed by atoms with Crippen molar-refractivity contribution in [3.8, 4) is 5.75 Å². The highest BCUT2D eigenvalue weighted by Crippen LogP contribution is 2.26. The van der Waals surface area contributed by atoms with Gasteiger partial charge in [0.25, 0.3) is 5.17 Å². The Hall–Kier alpha value is -1.69. The van der Waals surface area contributed by atoms with Crippen molar-refractivity contribution in [3.63, 3.8) is 0 Å². The number of para-hydroxylation sites is 2. The number of benzene rings is 1. The molecule has 80 valence electrons. The lowest BCUT2D eigenvalue weighted by molar-refractivity contribution is -0.385. The molecule has 0 heterocycles. The van der Waals surface area contributed by atoms with Crippen LogP contribution in [0.15, 0.2) is 24.3 Å². The maximum atomic E-state index is 10.6. The van der Waals surface area contributed by atoms with Gasteiger partial charge in [-0.2, -0.15) is 0 Å². The Morgan fingerprint density at radius 2 is 2.07 bits per heavy atom. The first-order chi connectivity index (χ1) is 7.02. The molecule has 0 radical (unpaired) electrons. The third-order valence-corrected chi connectivity index (χ3v) is 2.07. The lowest BCUT2D eigenvalue weighted by Gasteiger charge is -2.13. The van der Waals surface area contributed by atoms with Crippen LogP contribution in [0.3, 0.4) is 0 Å². The molecular formula is C9H10N2O3S. The molecule has 1 aromatic rings. The molecule has 5 nitrogen and oxygen atoms in total. The van der Waals surface area contributed by atoms with E-state index in [1.807, 2.05) is 0 Å². The summed E-state index contributed by atoms with van der Waals surface area (Å²) in [6, 6.07) is 6.10. The van der Waals surface area contributed by atoms with Gasteiger partial charge in [0.15, 0.2) is 0 Å². The predicted octanol–water partition coefficient (Wildman–Crippen LogP) is 1.82. The van der Waals surface area contributed by atoms with Crippen molar-refractivity contribution in [3.05, 3.63) is 34.4 Å². The van der Waals surface area contributed by atoms with Crippen LogP contribution < -0.4 is 4.74 Å². The smallest absolute Gasteiger partial charge is 0.311 e. The Morgan fingerprint density at radius 1 is 1.47 bits per heavy atom. The van der Waals surface area contributed by atoms with E-state index >= 15 is 0 Å². The highest BCUT2D eigenvalue weighted by Gasteiger charge is 2.15. The zero-order valence-electron chi connectivity index (χ0n) is 8.34. The minimum Gasteiger partial charge on any atom is -0.424 e. The molecule has 15 heavy (non-hydrogen) atoms. The van der Waals surface area contributed by atoms with Crippen molar-refractivity contribution in [1.29, 1.82) is 0 Å². The fourth-order valence-corrected chi connectivity index (χ4v) is 0.969. The van der Waals surface area contributed by atoms with Crippen LogP contribution in [0.5, 0.6) is 5.75 Å². The molecule has 0 N–H and O–H groups in total. The molecule has 0 unspecified atom stereocenters. The van der Waals surface area contributed by atoms with E-state index in [1.54, 1.807) is 31.1 Å². The van der Waals surface area contributed by atoms with Gasteiger partial charge in [-0.25, -0.2) is 0 Å². The van der Waals surface area contributed by atoms with Gasteiger partial charge < -0.3 is 9.64 Å². The lowest BCUT2D eigenvalue weighted by Crippen LogP contribution is -2.25. The molecule has 0 fully saturated rings. The summed E-state index contributed by atoms with van der Waals surface area (Å²) in [6.45, 7) is 0. The fraction of sp³-hybridized carbons (Fsp3) is 0.222. The van der Waals surface area contributed by atoms with E-state index in [0.717, 1.165) is 0 Å². The molecule has 0 aromatic heterocycles. The molecule has 1 rings (SSSR count). The normalized spacial score (nSPS) is 9.47. The third-order valence-electron chi connectivity index (χ3n) is 1.62. The molecule has 0 amide bonds. The summed E-state index contributed by atoms with van der Waals surface area (Å²) in [5.74, 6) is 0.154. The summed E-state index contributed by atoms with van der Waals surface area (Å²) in [7, 11) is 3.41. The number of thiocarbonyl (C=S) groups is 1. The summed E-state index contributed by atoms with van der Waals surface area (Å²) in [5, 5.41) is 10.8. The van der Waals surface area contributed by atoms with E-state index < -0.39 is 4.92 Å². The zero-order valence-corrected chi connectivity index (χ0v) is 9.15. The van der Waals surface area contributed by atoms with Crippen LogP contribution in [0.1, 0.15) is 0 Å². The van der Waals surface area contributed by atoms with Gasteiger partial charge >= 0.3 is 5.69 Å². The second-order valence-corrected chi connectivity index (χ2v) is 3.34. The van der Waals surface area contributed by atoms with Crippen LogP contribution >= 0.6 is 12.2 Å². The molecule has 1 aromatic carbocycles. The van der Waals surface area contributed by atoms with Gasteiger partial charge in [-0.15, -0.1) is 0 Å². The minimum absolute atomic E-state index is 0.0956. The summed E-state index contributed by atoms with van der Waals surface area (Å²) >= 11 is 4.89. The highest BCUT2D eigenvalue weighted by atomic mass is 32.1. The number of hydrogen-bond acceptors (Lipinski definition) is 4. The molecule has 0 aliphatic heterocycles. The van der Waals surface area contributed by atoms with Crippen molar-refractivity contribution in [1.82, 2.24) is 4.90 Å². The summed E-state index contributed by atoms with van der Waals surface area (Å²) in [4.78, 5) is 11.7. The van der Waals surface area contributed by atoms with E-state index in [1.165, 1.54) is 12.1 Å². The van der Waals surface area contributed by atoms with Gasteiger partial charge in [0.05, 0.1) is 4.92 Å². The molecule has 6 heteroatoms. The minimum atomic E-state index is -0.506. The van der Waals surface area contributed by atoms with Crippen LogP contribution in [0.4, 0.5) is 5.69 Å². The van der Waals surface area contributed by atoms with Crippen LogP contribution in [-0.2, 0) is 0 Å². The van der Waals surface area contributed by atoms with Crippen LogP contribution in [0.2, 0.25) is 0 Å². The van der Waals surface area contributed by atoms with Crippen molar-refractivity contribution in [2.24, 2.45) is 0 Å². The van der Waals surface area contributed by atoms with Crippen molar-refractivity contribution >= 4 is 23.1 Å². The van der Waals surface area contributed by atoms with Gasteiger partial charge in [-0.1, -0.05) is 12.1 Å². The van der Waals surface area contributed by atoms with Crippen LogP contribution in [-0.4, -0.2) is 29.1 Å². The standard InChI is InChI=1S/C9H10N2O3S/c1-10(2)9(15)14-8-6-4-3-5-7(8)11(12)13/h3-6H,1-2H3. The lowest BCUT2D eigenvalue weighted by atomic mass is 10.3. The Labute approximate surface area is 92.4 Å². The molecule has 0 atom stereocenters. The Kier molecular flexibility index (Phi) is 3.56. The first-order valence-electron chi connectivity index (χ1n) is 4.15. The van der Waals surface area contributed by atoms with E-state index in [0.29, 0.717) is 0 Å². The summed E-state index contributed by atoms with van der Waals surface area (Å²) in [6.07, 6.45) is 0. The van der Waals surface area contributed by atoms with E-state index in [-0.39, 0.29) is 16.6 Å². The van der Waals surface area contributed by atoms with Gasteiger partial charge in [-0.05, 0) is 18.3 Å². The Bertz CT molecular complexity index is 393. The van der Waals surface area contributed by atoms with Crippen molar-refractivity contribution in [2.75, 3.05) is 14.1 Å². The molecule has 0 bridgehead atoms. The molecule has 0 spiro atoms. The molecular weight excluding hydrogens is 216 g/mol.